The molecule has 1 heterocycles. The fourth-order valence-electron chi connectivity index (χ4n) is 1.78. The van der Waals surface area contributed by atoms with Crippen LogP contribution >= 0.6 is 0 Å². The van der Waals surface area contributed by atoms with Crippen molar-refractivity contribution in [2.75, 3.05) is 13.7 Å². The highest BCUT2D eigenvalue weighted by molar-refractivity contribution is 5.76. The van der Waals surface area contributed by atoms with Crippen molar-refractivity contribution < 1.29 is 9.53 Å². The molecule has 0 aromatic rings. The zero-order valence-corrected chi connectivity index (χ0v) is 6.72. The molecule has 0 bridgehead atoms. The minimum atomic E-state index is -0.103. The maximum Gasteiger partial charge on any atom is 0.322 e. The summed E-state index contributed by atoms with van der Waals surface area (Å²) in [6.45, 7) is 1.01. The molecule has 62 valence electrons. The van der Waals surface area contributed by atoms with Gasteiger partial charge in [0, 0.05) is 6.54 Å². The largest absolute Gasteiger partial charge is 0.468 e. The molecule has 0 aromatic heterocycles. The fraction of sp³-hybridized carbons (Fsp3) is 0.875. The Morgan fingerprint density at radius 3 is 2.82 bits per heavy atom. The molecule has 1 saturated heterocycles. The normalized spacial score (nSPS) is 32.3. The van der Waals surface area contributed by atoms with Crippen LogP contribution in [0.3, 0.4) is 0 Å². The number of ether oxygens (including phenoxy) is 1. The van der Waals surface area contributed by atoms with Crippen molar-refractivity contribution in [1.29, 1.82) is 0 Å². The highest BCUT2D eigenvalue weighted by atomic mass is 16.5. The third-order valence-electron chi connectivity index (χ3n) is 2.80. The van der Waals surface area contributed by atoms with Crippen molar-refractivity contribution in [1.82, 2.24) is 5.32 Å². The number of esters is 1. The monoisotopic (exact) mass is 155 g/mol. The minimum absolute atomic E-state index is 0.0255. The van der Waals surface area contributed by atoms with Crippen LogP contribution in [0.5, 0.6) is 0 Å². The Balaban J connectivity index is 1.94. The summed E-state index contributed by atoms with van der Waals surface area (Å²) in [5.74, 6) is -0.103. The molecular formula is C8H13NO2. The summed E-state index contributed by atoms with van der Waals surface area (Å²) in [5, 5.41) is 3.19. The van der Waals surface area contributed by atoms with Crippen LogP contribution in [-0.4, -0.2) is 25.7 Å². The molecule has 2 fully saturated rings. The lowest BCUT2D eigenvalue weighted by Crippen LogP contribution is -2.31. The minimum Gasteiger partial charge on any atom is -0.468 e. The lowest BCUT2D eigenvalue weighted by molar-refractivity contribution is -0.142. The zero-order chi connectivity index (χ0) is 7.90. The Morgan fingerprint density at radius 1 is 1.64 bits per heavy atom. The Bertz CT molecular complexity index is 187. The van der Waals surface area contributed by atoms with Gasteiger partial charge in [0.2, 0.25) is 0 Å². The standard InChI is InChI=1S/C8H13NO2/c1-11-7(10)6-4-8(2-3-8)5-9-6/h6,9H,2-5H2,1H3/t6-/m1/s1. The average molecular weight is 155 g/mol. The van der Waals surface area contributed by atoms with Gasteiger partial charge < -0.3 is 10.1 Å². The summed E-state index contributed by atoms with van der Waals surface area (Å²) in [6.07, 6.45) is 3.56. The first-order valence-electron chi connectivity index (χ1n) is 4.07. The molecule has 1 aliphatic heterocycles. The first-order valence-corrected chi connectivity index (χ1v) is 4.07. The van der Waals surface area contributed by atoms with E-state index in [1.807, 2.05) is 0 Å². The smallest absolute Gasteiger partial charge is 0.322 e. The van der Waals surface area contributed by atoms with Gasteiger partial charge in [-0.15, -0.1) is 0 Å². The van der Waals surface area contributed by atoms with Crippen LogP contribution in [0.1, 0.15) is 19.3 Å². The van der Waals surface area contributed by atoms with E-state index in [-0.39, 0.29) is 12.0 Å². The summed E-state index contributed by atoms with van der Waals surface area (Å²) in [7, 11) is 1.45. The number of rotatable bonds is 1. The lowest BCUT2D eigenvalue weighted by Gasteiger charge is -2.05. The van der Waals surface area contributed by atoms with E-state index in [4.69, 9.17) is 0 Å². The van der Waals surface area contributed by atoms with E-state index in [0.29, 0.717) is 5.41 Å². The third kappa shape index (κ3) is 1.13. The van der Waals surface area contributed by atoms with Crippen LogP contribution in [-0.2, 0) is 9.53 Å². The van der Waals surface area contributed by atoms with Crippen molar-refractivity contribution in [3.05, 3.63) is 0 Å². The van der Waals surface area contributed by atoms with Crippen molar-refractivity contribution in [2.24, 2.45) is 5.41 Å². The second kappa shape index (κ2) is 2.21. The van der Waals surface area contributed by atoms with E-state index in [9.17, 15) is 4.79 Å². The van der Waals surface area contributed by atoms with E-state index in [1.165, 1.54) is 20.0 Å². The Morgan fingerprint density at radius 2 is 2.36 bits per heavy atom. The highest BCUT2D eigenvalue weighted by Gasteiger charge is 2.50. The van der Waals surface area contributed by atoms with Crippen molar-refractivity contribution in [3.8, 4) is 0 Å². The molecule has 11 heavy (non-hydrogen) atoms. The number of carbonyl (C=O) groups is 1. The average Bonchev–Trinajstić information content (AvgIpc) is 2.61. The second-order valence-electron chi connectivity index (χ2n) is 3.66. The topological polar surface area (TPSA) is 38.3 Å². The summed E-state index contributed by atoms with van der Waals surface area (Å²) >= 11 is 0. The van der Waals surface area contributed by atoms with Crippen LogP contribution < -0.4 is 5.32 Å². The van der Waals surface area contributed by atoms with Gasteiger partial charge in [0.1, 0.15) is 6.04 Å². The van der Waals surface area contributed by atoms with Gasteiger partial charge >= 0.3 is 5.97 Å². The number of hydrogen-bond acceptors (Lipinski definition) is 3. The number of nitrogens with one attached hydrogen (secondary N) is 1. The maximum absolute atomic E-state index is 11.0. The van der Waals surface area contributed by atoms with Crippen LogP contribution in [0.15, 0.2) is 0 Å². The Labute approximate surface area is 66.1 Å². The third-order valence-corrected chi connectivity index (χ3v) is 2.80. The van der Waals surface area contributed by atoms with E-state index in [2.05, 4.69) is 10.1 Å². The van der Waals surface area contributed by atoms with Gasteiger partial charge in [0.15, 0.2) is 0 Å². The number of methoxy groups -OCH3 is 1. The molecular weight excluding hydrogens is 142 g/mol. The molecule has 0 unspecified atom stereocenters. The number of carbonyl (C=O) groups excluding carboxylic acids is 1. The molecule has 3 nitrogen and oxygen atoms in total. The second-order valence-corrected chi connectivity index (χ2v) is 3.66. The Kier molecular flexibility index (Phi) is 1.42. The van der Waals surface area contributed by atoms with Crippen LogP contribution in [0, 0.1) is 5.41 Å². The van der Waals surface area contributed by atoms with Crippen LogP contribution in [0.4, 0.5) is 0 Å². The molecule has 1 spiro atoms. The molecule has 1 N–H and O–H groups in total. The molecule has 2 rings (SSSR count). The molecule has 3 heteroatoms. The molecule has 1 saturated carbocycles. The van der Waals surface area contributed by atoms with E-state index in [0.717, 1.165) is 13.0 Å². The molecule has 1 atom stereocenters. The molecule has 0 aromatic carbocycles. The van der Waals surface area contributed by atoms with Crippen molar-refractivity contribution in [3.63, 3.8) is 0 Å². The van der Waals surface area contributed by atoms with Crippen LogP contribution in [0.2, 0.25) is 0 Å². The van der Waals surface area contributed by atoms with Gasteiger partial charge in [0.05, 0.1) is 7.11 Å². The van der Waals surface area contributed by atoms with E-state index < -0.39 is 0 Å². The molecule has 2 aliphatic rings. The molecule has 0 amide bonds. The van der Waals surface area contributed by atoms with E-state index in [1.54, 1.807) is 0 Å². The predicted octanol–water partition coefficient (Wildman–Crippen LogP) is 0.301. The van der Waals surface area contributed by atoms with Crippen LogP contribution in [0.25, 0.3) is 0 Å². The van der Waals surface area contributed by atoms with Gasteiger partial charge in [-0.1, -0.05) is 0 Å². The maximum atomic E-state index is 11.0. The summed E-state index contributed by atoms with van der Waals surface area (Å²) in [5.41, 5.74) is 0.485. The lowest BCUT2D eigenvalue weighted by atomic mass is 10.0. The fourth-order valence-corrected chi connectivity index (χ4v) is 1.78. The highest BCUT2D eigenvalue weighted by Crippen LogP contribution is 2.51. The van der Waals surface area contributed by atoms with Crippen molar-refractivity contribution >= 4 is 5.97 Å². The van der Waals surface area contributed by atoms with Gasteiger partial charge in [-0.05, 0) is 24.7 Å². The predicted molar refractivity (Wildman–Crippen MR) is 40.1 cm³/mol. The quantitative estimate of drug-likeness (QED) is 0.553. The summed E-state index contributed by atoms with van der Waals surface area (Å²) in [6, 6.07) is -0.0255. The first-order chi connectivity index (χ1) is 5.26. The van der Waals surface area contributed by atoms with Gasteiger partial charge in [-0.2, -0.15) is 0 Å². The first kappa shape index (κ1) is 7.10. The molecule has 1 aliphatic carbocycles. The van der Waals surface area contributed by atoms with Gasteiger partial charge in [-0.25, -0.2) is 0 Å². The molecule has 0 radical (unpaired) electrons. The van der Waals surface area contributed by atoms with Crippen molar-refractivity contribution in [2.45, 2.75) is 25.3 Å². The summed E-state index contributed by atoms with van der Waals surface area (Å²) < 4.78 is 4.65. The van der Waals surface area contributed by atoms with E-state index >= 15 is 0 Å². The summed E-state index contributed by atoms with van der Waals surface area (Å²) in [4.78, 5) is 11.0. The van der Waals surface area contributed by atoms with Gasteiger partial charge in [-0.3, -0.25) is 4.79 Å². The SMILES string of the molecule is COC(=O)[C@H]1CC2(CC2)CN1. The van der Waals surface area contributed by atoms with Gasteiger partial charge in [0.25, 0.3) is 0 Å². The Hall–Kier alpha value is -0.570. The number of hydrogen-bond donors (Lipinski definition) is 1. The zero-order valence-electron chi connectivity index (χ0n) is 6.72.